The van der Waals surface area contributed by atoms with Crippen molar-refractivity contribution < 1.29 is 31.1 Å². The zero-order chi connectivity index (χ0) is 34.9. The first-order valence-electron chi connectivity index (χ1n) is 17.6. The van der Waals surface area contributed by atoms with Crippen molar-refractivity contribution in [1.29, 1.82) is 0 Å². The van der Waals surface area contributed by atoms with Gasteiger partial charge in [0.05, 0.1) is 23.0 Å². The number of ether oxygens (including phenoxy) is 2. The Morgan fingerprint density at radius 3 is 1.09 bits per heavy atom. The lowest BCUT2D eigenvalue weighted by molar-refractivity contribution is 0.00380. The summed E-state index contributed by atoms with van der Waals surface area (Å²) in [6, 6.07) is 5.46. The van der Waals surface area contributed by atoms with E-state index in [4.69, 9.17) is 9.47 Å². The minimum atomic E-state index is -4.70. The third-order valence-electron chi connectivity index (χ3n) is 8.52. The summed E-state index contributed by atoms with van der Waals surface area (Å²) >= 11 is 0. The quantitative estimate of drug-likeness (QED) is 0.0398. The monoisotopic (exact) mass is 690 g/mol. The van der Waals surface area contributed by atoms with Crippen molar-refractivity contribution in [2.45, 2.75) is 154 Å². The van der Waals surface area contributed by atoms with Crippen molar-refractivity contribution in [3.05, 3.63) is 52.1 Å². The van der Waals surface area contributed by atoms with Crippen molar-refractivity contribution in [3.8, 4) is 11.5 Å². The fraction of sp³-hybridized carbons (Fsp3) is 0.649. The third kappa shape index (κ3) is 12.4. The van der Waals surface area contributed by atoms with Gasteiger partial charge in [0, 0.05) is 0 Å². The van der Waals surface area contributed by atoms with Gasteiger partial charge < -0.3 is 15.0 Å². The van der Waals surface area contributed by atoms with Crippen LogP contribution >= 0.6 is 0 Å². The Balaban J connectivity index is 2.09. The van der Waals surface area contributed by atoms with Crippen LogP contribution in [0, 0.1) is 27.7 Å². The minimum Gasteiger partial charge on any atom is -0.493 e. The van der Waals surface area contributed by atoms with E-state index in [2.05, 4.69) is 18.6 Å². The Kier molecular flexibility index (Phi) is 17.8. The highest BCUT2D eigenvalue weighted by atomic mass is 32.3. The zero-order valence-electron chi connectivity index (χ0n) is 29.7. The average molecular weight is 691 g/mol. The molecule has 2 aromatic carbocycles. The molecule has 0 amide bonds. The highest BCUT2D eigenvalue weighted by Crippen LogP contribution is 2.32. The summed E-state index contributed by atoms with van der Waals surface area (Å²) in [4.78, 5) is 2.28. The number of hydrogen-bond donors (Lipinski definition) is 0. The number of benzene rings is 2. The number of aryl methyl sites for hydroxylation is 4. The third-order valence-corrected chi connectivity index (χ3v) is 12.6. The molecule has 264 valence electrons. The van der Waals surface area contributed by atoms with Gasteiger partial charge in [-0.05, 0) is 87.1 Å². The smallest absolute Gasteiger partial charge is 0.493 e. The molecule has 2 aromatic rings. The molecule has 10 heteroatoms. The van der Waals surface area contributed by atoms with E-state index in [9.17, 15) is 22.4 Å². The highest BCUT2D eigenvalue weighted by Gasteiger charge is 2.44. The molecule has 0 fully saturated rings. The summed E-state index contributed by atoms with van der Waals surface area (Å²) in [6.45, 7) is 12.3. The lowest BCUT2D eigenvalue weighted by atomic mass is 10.1. The van der Waals surface area contributed by atoms with Crippen molar-refractivity contribution in [1.82, 2.24) is 0 Å². The first-order valence-corrected chi connectivity index (χ1v) is 20.6. The molecule has 47 heavy (non-hydrogen) atoms. The van der Waals surface area contributed by atoms with E-state index in [-0.39, 0.29) is 9.79 Å². The number of unbranched alkanes of at least 4 members (excludes halogenated alkanes) is 14. The van der Waals surface area contributed by atoms with Crippen molar-refractivity contribution in [2.75, 3.05) is 13.2 Å². The fourth-order valence-electron chi connectivity index (χ4n) is 5.86. The van der Waals surface area contributed by atoms with Gasteiger partial charge in [-0.3, -0.25) is 0 Å². The van der Waals surface area contributed by atoms with Crippen LogP contribution in [0.2, 0.25) is 0 Å². The van der Waals surface area contributed by atoms with Crippen LogP contribution in [0.25, 0.3) is 5.53 Å². The Bertz CT molecular complexity index is 1390. The average Bonchev–Trinajstić information content (AvgIpc) is 3.01. The summed E-state index contributed by atoms with van der Waals surface area (Å²) in [5.41, 5.74) is 12.0. The number of hydrogen-bond acceptors (Lipinski definition) is 6. The molecule has 0 radical (unpaired) electrons. The summed E-state index contributed by atoms with van der Waals surface area (Å²) in [5, 5.41) is 0. The topological polar surface area (TPSA) is 123 Å². The summed E-state index contributed by atoms with van der Waals surface area (Å²) in [5.74, 6) is 1.15. The lowest BCUT2D eigenvalue weighted by Crippen LogP contribution is -2.26. The van der Waals surface area contributed by atoms with E-state index in [1.54, 1.807) is 27.7 Å². The van der Waals surface area contributed by atoms with Crippen LogP contribution in [0.1, 0.15) is 139 Å². The maximum atomic E-state index is 13.6. The van der Waals surface area contributed by atoms with Crippen LogP contribution in [-0.2, 0) is 19.7 Å². The van der Waals surface area contributed by atoms with Gasteiger partial charge in [-0.2, -0.15) is 0 Å². The SMILES string of the molecule is CCCCCCCCCCOc1c(C)cc(S(=O)(=O)C(=[N+]=[N-])S(=O)(=O)c2cc(C)c(OCCCCCCCCCC)c(C)c2)cc1C. The number of rotatable bonds is 22. The minimum absolute atomic E-state index is 0.276. The molecule has 2 rings (SSSR count). The van der Waals surface area contributed by atoms with E-state index in [0.717, 1.165) is 38.5 Å². The molecule has 0 saturated carbocycles. The van der Waals surface area contributed by atoms with Crippen LogP contribution in [0.5, 0.6) is 11.5 Å². The van der Waals surface area contributed by atoms with Gasteiger partial charge in [-0.25, -0.2) is 16.8 Å². The Hall–Kier alpha value is -2.68. The summed E-state index contributed by atoms with van der Waals surface area (Å²) < 4.78 is 65.2. The van der Waals surface area contributed by atoms with Gasteiger partial charge in [-0.1, -0.05) is 104 Å². The van der Waals surface area contributed by atoms with Crippen molar-refractivity contribution >= 4 is 24.1 Å². The van der Waals surface area contributed by atoms with Crippen molar-refractivity contribution in [2.24, 2.45) is 0 Å². The van der Waals surface area contributed by atoms with Gasteiger partial charge in [0.25, 0.3) is 19.7 Å². The lowest BCUT2D eigenvalue weighted by Gasteiger charge is -2.15. The molecule has 0 unspecified atom stereocenters. The predicted octanol–water partition coefficient (Wildman–Crippen LogP) is 9.79. The van der Waals surface area contributed by atoms with Gasteiger partial charge in [0.2, 0.25) is 0 Å². The van der Waals surface area contributed by atoms with E-state index < -0.39 is 24.1 Å². The number of sulfone groups is 2. The fourth-order valence-corrected chi connectivity index (χ4v) is 9.54. The molecular weight excluding hydrogens is 633 g/mol. The van der Waals surface area contributed by atoms with Crippen molar-refractivity contribution in [3.63, 3.8) is 0 Å². The summed E-state index contributed by atoms with van der Waals surface area (Å²) in [7, 11) is -9.40. The first kappa shape index (κ1) is 40.5. The zero-order valence-corrected chi connectivity index (χ0v) is 31.3. The van der Waals surface area contributed by atoms with Gasteiger partial charge in [0.1, 0.15) is 11.5 Å². The molecule has 0 spiro atoms. The second kappa shape index (κ2) is 20.6. The van der Waals surface area contributed by atoms with Crippen LogP contribution < -0.4 is 9.47 Å². The largest absolute Gasteiger partial charge is 0.504 e. The standard InChI is InChI=1S/C37H58N2O6S2/c1-7-9-11-13-15-17-19-21-23-44-35-29(3)25-33(26-30(35)4)46(40,41)37(39-38)47(42,43)34-27-31(5)36(32(6)28-34)45-24-22-20-18-16-14-12-10-8-2/h25-28H,7-24H2,1-6H3. The molecule has 0 aliphatic rings. The maximum absolute atomic E-state index is 13.6. The van der Waals surface area contributed by atoms with Gasteiger partial charge >= 0.3 is 4.38 Å². The predicted molar refractivity (Wildman–Crippen MR) is 191 cm³/mol. The van der Waals surface area contributed by atoms with Crippen LogP contribution in [-0.4, -0.2) is 39.2 Å². The maximum Gasteiger partial charge on any atom is 0.504 e. The van der Waals surface area contributed by atoms with E-state index in [0.29, 0.717) is 47.0 Å². The molecule has 0 N–H and O–H groups in total. The molecule has 0 aromatic heterocycles. The number of nitrogens with zero attached hydrogens (tertiary/aromatic N) is 2. The molecular formula is C37H58N2O6S2. The Morgan fingerprint density at radius 2 is 0.809 bits per heavy atom. The molecule has 0 saturated heterocycles. The van der Waals surface area contributed by atoms with E-state index >= 15 is 0 Å². The highest BCUT2D eigenvalue weighted by molar-refractivity contribution is 8.31. The molecule has 8 nitrogen and oxygen atoms in total. The van der Waals surface area contributed by atoms with Crippen LogP contribution in [0.15, 0.2) is 34.1 Å². The Morgan fingerprint density at radius 1 is 0.532 bits per heavy atom. The Labute approximate surface area is 285 Å². The normalized spacial score (nSPS) is 11.8. The molecule has 0 heterocycles. The van der Waals surface area contributed by atoms with Gasteiger partial charge in [-0.15, -0.1) is 4.79 Å². The molecule has 0 aliphatic carbocycles. The molecule has 0 bridgehead atoms. The molecule has 0 atom stereocenters. The van der Waals surface area contributed by atoms with E-state index in [1.165, 1.54) is 88.5 Å². The second-order valence-electron chi connectivity index (χ2n) is 12.8. The van der Waals surface area contributed by atoms with Crippen LogP contribution in [0.3, 0.4) is 0 Å². The molecule has 0 aliphatic heterocycles. The van der Waals surface area contributed by atoms with Crippen LogP contribution in [0.4, 0.5) is 0 Å². The first-order chi connectivity index (χ1) is 22.4. The van der Waals surface area contributed by atoms with E-state index in [1.807, 2.05) is 0 Å². The summed E-state index contributed by atoms with van der Waals surface area (Å²) in [6.07, 6.45) is 18.8. The second-order valence-corrected chi connectivity index (χ2v) is 16.8. The van der Waals surface area contributed by atoms with Gasteiger partial charge in [0.15, 0.2) is 0 Å².